The van der Waals surface area contributed by atoms with Gasteiger partial charge in [-0.3, -0.25) is 4.98 Å². The van der Waals surface area contributed by atoms with Crippen molar-refractivity contribution >= 4 is 11.8 Å². The first kappa shape index (κ1) is 14.1. The summed E-state index contributed by atoms with van der Waals surface area (Å²) in [6, 6.07) is 13.1. The molecule has 1 heterocycles. The van der Waals surface area contributed by atoms with E-state index in [1.807, 2.05) is 31.9 Å². The zero-order chi connectivity index (χ0) is 13.7. The number of aryl methyl sites for hydroxylation is 2. The Morgan fingerprint density at radius 3 is 2.58 bits per heavy atom. The van der Waals surface area contributed by atoms with Gasteiger partial charge in [-0.25, -0.2) is 0 Å². The van der Waals surface area contributed by atoms with E-state index >= 15 is 0 Å². The topological polar surface area (TPSA) is 24.9 Å². The van der Waals surface area contributed by atoms with E-state index in [1.54, 1.807) is 0 Å². The number of nitrogens with one attached hydrogen (secondary N) is 1. The molecule has 1 atom stereocenters. The summed E-state index contributed by atoms with van der Waals surface area (Å²) in [5.74, 6) is 1.01. The van der Waals surface area contributed by atoms with Crippen molar-refractivity contribution in [2.45, 2.75) is 24.8 Å². The molecule has 0 bridgehead atoms. The second kappa shape index (κ2) is 6.73. The van der Waals surface area contributed by atoms with Crippen molar-refractivity contribution in [1.29, 1.82) is 0 Å². The predicted molar refractivity (Wildman–Crippen MR) is 82.7 cm³/mol. The van der Waals surface area contributed by atoms with Gasteiger partial charge in [0, 0.05) is 28.6 Å². The van der Waals surface area contributed by atoms with Gasteiger partial charge < -0.3 is 5.32 Å². The Hall–Kier alpha value is -1.32. The molecule has 0 aliphatic rings. The Morgan fingerprint density at radius 1 is 1.16 bits per heavy atom. The van der Waals surface area contributed by atoms with Crippen LogP contribution in [-0.2, 0) is 0 Å². The van der Waals surface area contributed by atoms with Gasteiger partial charge >= 0.3 is 0 Å². The van der Waals surface area contributed by atoms with E-state index in [0.29, 0.717) is 6.04 Å². The molecule has 2 nitrogen and oxygen atoms in total. The third-order valence-corrected chi connectivity index (χ3v) is 4.45. The lowest BCUT2D eigenvalue weighted by Crippen LogP contribution is -2.19. The molecule has 1 aromatic heterocycles. The van der Waals surface area contributed by atoms with Crippen molar-refractivity contribution in [3.63, 3.8) is 0 Å². The average Bonchev–Trinajstić information content (AvgIpc) is 2.43. The second-order valence-corrected chi connectivity index (χ2v) is 5.71. The zero-order valence-electron chi connectivity index (χ0n) is 11.7. The van der Waals surface area contributed by atoms with Crippen molar-refractivity contribution in [2.75, 3.05) is 12.8 Å². The first-order valence-electron chi connectivity index (χ1n) is 6.49. The Bertz CT molecular complexity index is 523. The van der Waals surface area contributed by atoms with Crippen LogP contribution in [0.5, 0.6) is 0 Å². The number of hydrogen-bond acceptors (Lipinski definition) is 3. The summed E-state index contributed by atoms with van der Waals surface area (Å²) in [6.45, 7) is 4.17. The van der Waals surface area contributed by atoms with Crippen molar-refractivity contribution in [3.8, 4) is 0 Å². The molecular weight excluding hydrogens is 252 g/mol. The lowest BCUT2D eigenvalue weighted by atomic mass is 10.1. The Labute approximate surface area is 119 Å². The van der Waals surface area contributed by atoms with Crippen molar-refractivity contribution in [3.05, 3.63) is 59.4 Å². The second-order valence-electron chi connectivity index (χ2n) is 4.65. The highest BCUT2D eigenvalue weighted by Crippen LogP contribution is 2.26. The van der Waals surface area contributed by atoms with E-state index < -0.39 is 0 Å². The summed E-state index contributed by atoms with van der Waals surface area (Å²) in [4.78, 5) is 5.72. The third-order valence-electron chi connectivity index (χ3n) is 3.18. The summed E-state index contributed by atoms with van der Waals surface area (Å²) >= 11 is 1.89. The molecule has 1 aromatic carbocycles. The lowest BCUT2D eigenvalue weighted by molar-refractivity contribution is 0.658. The number of benzene rings is 1. The van der Waals surface area contributed by atoms with E-state index in [4.69, 9.17) is 0 Å². The molecule has 100 valence electrons. The minimum absolute atomic E-state index is 0.331. The first-order valence-corrected chi connectivity index (χ1v) is 7.47. The fraction of sp³-hybridized carbons (Fsp3) is 0.312. The molecule has 0 saturated heterocycles. The Kier molecular flexibility index (Phi) is 5.00. The summed E-state index contributed by atoms with van der Waals surface area (Å²) in [6.07, 6.45) is 1.97. The number of rotatable bonds is 5. The predicted octanol–water partition coefficient (Wildman–Crippen LogP) is 3.75. The number of aromatic nitrogens is 1. The molecule has 0 spiro atoms. The molecular formula is C16H20N2S. The van der Waals surface area contributed by atoms with Crippen LogP contribution >= 0.6 is 11.8 Å². The number of pyridine rings is 1. The highest BCUT2D eigenvalue weighted by molar-refractivity contribution is 7.99. The highest BCUT2D eigenvalue weighted by atomic mass is 32.2. The third kappa shape index (κ3) is 3.82. The molecule has 0 fully saturated rings. The molecule has 0 aliphatic carbocycles. The van der Waals surface area contributed by atoms with Crippen molar-refractivity contribution in [1.82, 2.24) is 10.3 Å². The van der Waals surface area contributed by atoms with Gasteiger partial charge in [0.2, 0.25) is 0 Å². The molecule has 0 saturated carbocycles. The number of thioether (sulfide) groups is 1. The smallest absolute Gasteiger partial charge is 0.0428 e. The van der Waals surface area contributed by atoms with Crippen LogP contribution in [0.4, 0.5) is 0 Å². The SMILES string of the molecule is CNC(CSc1ccccc1C)c1ccc(C)nc1. The maximum atomic E-state index is 4.37. The van der Waals surface area contributed by atoms with Gasteiger partial charge in [-0.1, -0.05) is 24.3 Å². The van der Waals surface area contributed by atoms with Crippen molar-refractivity contribution in [2.24, 2.45) is 0 Å². The molecule has 0 aliphatic heterocycles. The van der Waals surface area contributed by atoms with E-state index in [-0.39, 0.29) is 0 Å². The van der Waals surface area contributed by atoms with Gasteiger partial charge in [-0.15, -0.1) is 11.8 Å². The van der Waals surface area contributed by atoms with Crippen LogP contribution in [0.15, 0.2) is 47.5 Å². The Balaban J connectivity index is 2.04. The minimum atomic E-state index is 0.331. The summed E-state index contributed by atoms with van der Waals surface area (Å²) in [5.41, 5.74) is 3.64. The van der Waals surface area contributed by atoms with Gasteiger partial charge in [-0.2, -0.15) is 0 Å². The normalized spacial score (nSPS) is 12.4. The maximum absolute atomic E-state index is 4.37. The zero-order valence-corrected chi connectivity index (χ0v) is 12.5. The largest absolute Gasteiger partial charge is 0.312 e. The van der Waals surface area contributed by atoms with Crippen LogP contribution in [0.1, 0.15) is 22.9 Å². The van der Waals surface area contributed by atoms with Crippen LogP contribution in [0.3, 0.4) is 0 Å². The van der Waals surface area contributed by atoms with Gasteiger partial charge in [0.05, 0.1) is 0 Å². The number of hydrogen-bond donors (Lipinski definition) is 1. The van der Waals surface area contributed by atoms with E-state index in [0.717, 1.165) is 11.4 Å². The number of nitrogens with zero attached hydrogens (tertiary/aromatic N) is 1. The monoisotopic (exact) mass is 272 g/mol. The quantitative estimate of drug-likeness (QED) is 0.839. The van der Waals surface area contributed by atoms with Gasteiger partial charge in [0.15, 0.2) is 0 Å². The molecule has 0 radical (unpaired) electrons. The lowest BCUT2D eigenvalue weighted by Gasteiger charge is -2.16. The summed E-state index contributed by atoms with van der Waals surface area (Å²) < 4.78 is 0. The molecule has 3 heteroatoms. The molecule has 1 unspecified atom stereocenters. The maximum Gasteiger partial charge on any atom is 0.0428 e. The highest BCUT2D eigenvalue weighted by Gasteiger charge is 2.10. The van der Waals surface area contributed by atoms with Gasteiger partial charge in [0.1, 0.15) is 0 Å². The van der Waals surface area contributed by atoms with E-state index in [2.05, 4.69) is 53.6 Å². The average molecular weight is 272 g/mol. The molecule has 1 N–H and O–H groups in total. The summed E-state index contributed by atoms with van der Waals surface area (Å²) in [5, 5.41) is 3.37. The van der Waals surface area contributed by atoms with Crippen LogP contribution in [0.2, 0.25) is 0 Å². The fourth-order valence-corrected chi connectivity index (χ4v) is 3.10. The van der Waals surface area contributed by atoms with Gasteiger partial charge in [0.25, 0.3) is 0 Å². The summed E-state index contributed by atoms with van der Waals surface area (Å²) in [7, 11) is 2.00. The Morgan fingerprint density at radius 2 is 1.95 bits per heavy atom. The minimum Gasteiger partial charge on any atom is -0.312 e. The molecule has 0 amide bonds. The van der Waals surface area contributed by atoms with Gasteiger partial charge in [-0.05, 0) is 44.2 Å². The van der Waals surface area contributed by atoms with E-state index in [1.165, 1.54) is 16.0 Å². The first-order chi connectivity index (χ1) is 9.20. The molecule has 2 rings (SSSR count). The van der Waals surface area contributed by atoms with Crippen LogP contribution in [0, 0.1) is 13.8 Å². The van der Waals surface area contributed by atoms with Crippen molar-refractivity contribution < 1.29 is 0 Å². The van der Waals surface area contributed by atoms with Crippen LogP contribution in [0.25, 0.3) is 0 Å². The van der Waals surface area contributed by atoms with Crippen LogP contribution < -0.4 is 5.32 Å². The van der Waals surface area contributed by atoms with Crippen LogP contribution in [-0.4, -0.2) is 17.8 Å². The van der Waals surface area contributed by atoms with E-state index in [9.17, 15) is 0 Å². The molecule has 2 aromatic rings. The standard InChI is InChI=1S/C16H20N2S/c1-12-6-4-5-7-16(12)19-11-15(17-3)14-9-8-13(2)18-10-14/h4-10,15,17H,11H2,1-3H3. The fourth-order valence-electron chi connectivity index (χ4n) is 1.92. The molecule has 19 heavy (non-hydrogen) atoms.